The summed E-state index contributed by atoms with van der Waals surface area (Å²) in [6.45, 7) is 8.64. The molecule has 0 bridgehead atoms. The smallest absolute Gasteiger partial charge is 0.320 e. The summed E-state index contributed by atoms with van der Waals surface area (Å²) in [5, 5.41) is 12.2. The number of carboxylic acids is 1. The van der Waals surface area contributed by atoms with Gasteiger partial charge in [-0.25, -0.2) is 0 Å². The number of carbonyl (C=O) groups is 1. The van der Waals surface area contributed by atoms with Gasteiger partial charge in [0.05, 0.1) is 0 Å². The summed E-state index contributed by atoms with van der Waals surface area (Å²) in [7, 11) is 0. The monoisotopic (exact) mass is 277 g/mol. The summed E-state index contributed by atoms with van der Waals surface area (Å²) in [4.78, 5) is 11.1. The zero-order valence-electron chi connectivity index (χ0n) is 12.1. The Morgan fingerprint density at radius 3 is 2.55 bits per heavy atom. The second kappa shape index (κ2) is 8.38. The van der Waals surface area contributed by atoms with E-state index in [-0.39, 0.29) is 0 Å². The van der Waals surface area contributed by atoms with Crippen LogP contribution in [0.5, 0.6) is 5.75 Å². The lowest BCUT2D eigenvalue weighted by atomic mass is 10.0. The van der Waals surface area contributed by atoms with Crippen LogP contribution in [0, 0.1) is 5.92 Å². The molecule has 0 aliphatic carbocycles. The molecule has 0 aromatic heterocycles. The summed E-state index contributed by atoms with van der Waals surface area (Å²) >= 11 is 0. The maximum absolute atomic E-state index is 11.1. The van der Waals surface area contributed by atoms with E-state index in [0.717, 1.165) is 11.3 Å². The van der Waals surface area contributed by atoms with Crippen molar-refractivity contribution in [2.45, 2.75) is 32.9 Å². The van der Waals surface area contributed by atoms with Crippen molar-refractivity contribution in [3.05, 3.63) is 42.5 Å². The summed E-state index contributed by atoms with van der Waals surface area (Å²) in [5.74, 6) is 0.327. The summed E-state index contributed by atoms with van der Waals surface area (Å²) in [6, 6.07) is 7.10. The molecule has 0 heterocycles. The highest BCUT2D eigenvalue weighted by molar-refractivity contribution is 5.73. The maximum Gasteiger partial charge on any atom is 0.320 e. The number of ether oxygens (including phenoxy) is 1. The molecule has 0 amide bonds. The highest BCUT2D eigenvalue weighted by Crippen LogP contribution is 2.13. The molecule has 0 fully saturated rings. The highest BCUT2D eigenvalue weighted by atomic mass is 16.5. The molecule has 0 spiro atoms. The van der Waals surface area contributed by atoms with Gasteiger partial charge in [-0.15, -0.1) is 0 Å². The van der Waals surface area contributed by atoms with Crippen LogP contribution >= 0.6 is 0 Å². The van der Waals surface area contributed by atoms with Crippen LogP contribution in [0.25, 0.3) is 0 Å². The molecule has 1 rings (SSSR count). The van der Waals surface area contributed by atoms with E-state index < -0.39 is 12.0 Å². The molecule has 0 unspecified atom stereocenters. The zero-order chi connectivity index (χ0) is 15.0. The molecule has 2 N–H and O–H groups in total. The minimum Gasteiger partial charge on any atom is -0.490 e. The molecule has 1 aromatic rings. The van der Waals surface area contributed by atoms with E-state index in [1.807, 2.05) is 38.1 Å². The summed E-state index contributed by atoms with van der Waals surface area (Å²) in [5.41, 5.74) is 1.03. The van der Waals surface area contributed by atoms with Crippen LogP contribution in [0.1, 0.15) is 25.8 Å². The van der Waals surface area contributed by atoms with Crippen molar-refractivity contribution < 1.29 is 14.6 Å². The minimum atomic E-state index is -0.801. The van der Waals surface area contributed by atoms with Crippen LogP contribution in [-0.4, -0.2) is 23.7 Å². The first-order valence-corrected chi connectivity index (χ1v) is 6.81. The number of benzene rings is 1. The number of nitrogens with one attached hydrogen (secondary N) is 1. The Kier molecular flexibility index (Phi) is 6.81. The Morgan fingerprint density at radius 1 is 1.40 bits per heavy atom. The number of hydrogen-bond donors (Lipinski definition) is 2. The Labute approximate surface area is 120 Å². The fraction of sp³-hybridized carbons (Fsp3) is 0.438. The Balaban J connectivity index is 2.50. The van der Waals surface area contributed by atoms with Crippen LogP contribution in [-0.2, 0) is 11.3 Å². The first-order chi connectivity index (χ1) is 9.52. The van der Waals surface area contributed by atoms with Gasteiger partial charge in [0.15, 0.2) is 0 Å². The van der Waals surface area contributed by atoms with Gasteiger partial charge >= 0.3 is 5.97 Å². The van der Waals surface area contributed by atoms with E-state index in [9.17, 15) is 4.79 Å². The highest BCUT2D eigenvalue weighted by Gasteiger charge is 2.17. The topological polar surface area (TPSA) is 58.6 Å². The second-order valence-electron chi connectivity index (χ2n) is 5.14. The van der Waals surface area contributed by atoms with Gasteiger partial charge < -0.3 is 15.2 Å². The molecular weight excluding hydrogens is 254 g/mol. The van der Waals surface area contributed by atoms with E-state index in [0.29, 0.717) is 25.5 Å². The Bertz CT molecular complexity index is 426. The van der Waals surface area contributed by atoms with Crippen molar-refractivity contribution in [1.29, 1.82) is 0 Å². The summed E-state index contributed by atoms with van der Waals surface area (Å²) in [6.07, 6.45) is 2.31. The number of carboxylic acid groups (broad SMARTS) is 1. The second-order valence-corrected chi connectivity index (χ2v) is 5.14. The van der Waals surface area contributed by atoms with Crippen LogP contribution in [0.15, 0.2) is 36.9 Å². The van der Waals surface area contributed by atoms with Gasteiger partial charge in [0, 0.05) is 6.54 Å². The van der Waals surface area contributed by atoms with Crippen LogP contribution in [0.2, 0.25) is 0 Å². The molecule has 0 aliphatic rings. The maximum atomic E-state index is 11.1. The molecule has 0 saturated carbocycles. The van der Waals surface area contributed by atoms with Gasteiger partial charge in [-0.05, 0) is 30.0 Å². The zero-order valence-corrected chi connectivity index (χ0v) is 12.1. The molecule has 0 radical (unpaired) electrons. The Morgan fingerprint density at radius 2 is 2.05 bits per heavy atom. The van der Waals surface area contributed by atoms with Crippen LogP contribution < -0.4 is 10.1 Å². The molecule has 110 valence electrons. The lowest BCUT2D eigenvalue weighted by Crippen LogP contribution is -2.37. The van der Waals surface area contributed by atoms with Crippen molar-refractivity contribution in [3.8, 4) is 5.75 Å². The predicted octanol–water partition coefficient (Wildman–Crippen LogP) is 2.84. The van der Waals surface area contributed by atoms with Crippen LogP contribution in [0.3, 0.4) is 0 Å². The molecule has 4 heteroatoms. The Hall–Kier alpha value is -1.81. The van der Waals surface area contributed by atoms with Crippen molar-refractivity contribution in [3.63, 3.8) is 0 Å². The fourth-order valence-corrected chi connectivity index (χ4v) is 1.84. The molecule has 1 aromatic carbocycles. The van der Waals surface area contributed by atoms with Gasteiger partial charge in [-0.2, -0.15) is 0 Å². The molecule has 1 atom stereocenters. The largest absolute Gasteiger partial charge is 0.490 e. The molecule has 0 saturated heterocycles. The average Bonchev–Trinajstić information content (AvgIpc) is 2.41. The van der Waals surface area contributed by atoms with Gasteiger partial charge in [0.25, 0.3) is 0 Å². The number of aliphatic carboxylic acids is 1. The average molecular weight is 277 g/mol. The fourth-order valence-electron chi connectivity index (χ4n) is 1.84. The lowest BCUT2D eigenvalue weighted by Gasteiger charge is -2.16. The van der Waals surface area contributed by atoms with E-state index >= 15 is 0 Å². The lowest BCUT2D eigenvalue weighted by molar-refractivity contribution is -0.140. The van der Waals surface area contributed by atoms with Crippen molar-refractivity contribution in [2.75, 3.05) is 6.61 Å². The first-order valence-electron chi connectivity index (χ1n) is 6.81. The molecule has 0 aliphatic heterocycles. The quantitative estimate of drug-likeness (QED) is 0.681. The SMILES string of the molecule is C=CCOc1ccc(CN[C@@H](CC(C)C)C(=O)O)cc1. The van der Waals surface area contributed by atoms with Gasteiger partial charge in [0.1, 0.15) is 18.4 Å². The van der Waals surface area contributed by atoms with Gasteiger partial charge in [0.2, 0.25) is 0 Å². The standard InChI is InChI=1S/C16H23NO3/c1-4-9-20-14-7-5-13(6-8-14)11-17-15(16(18)19)10-12(2)3/h4-8,12,15,17H,1,9-11H2,2-3H3,(H,18,19)/t15-/m0/s1. The van der Waals surface area contributed by atoms with Gasteiger partial charge in [-0.1, -0.05) is 38.6 Å². The van der Waals surface area contributed by atoms with Crippen LogP contribution in [0.4, 0.5) is 0 Å². The van der Waals surface area contributed by atoms with E-state index in [1.54, 1.807) is 6.08 Å². The van der Waals surface area contributed by atoms with Crippen molar-refractivity contribution in [1.82, 2.24) is 5.32 Å². The van der Waals surface area contributed by atoms with Crippen molar-refractivity contribution in [2.24, 2.45) is 5.92 Å². The number of rotatable bonds is 9. The molecule has 4 nitrogen and oxygen atoms in total. The third kappa shape index (κ3) is 5.89. The van der Waals surface area contributed by atoms with Gasteiger partial charge in [-0.3, -0.25) is 4.79 Å². The minimum absolute atomic E-state index is 0.346. The van der Waals surface area contributed by atoms with E-state index in [2.05, 4.69) is 11.9 Å². The molecular formula is C16H23NO3. The number of hydrogen-bond acceptors (Lipinski definition) is 3. The third-order valence-electron chi connectivity index (χ3n) is 2.85. The van der Waals surface area contributed by atoms with E-state index in [4.69, 9.17) is 9.84 Å². The first kappa shape index (κ1) is 16.2. The van der Waals surface area contributed by atoms with Crippen molar-refractivity contribution >= 4 is 5.97 Å². The normalized spacial score (nSPS) is 12.2. The summed E-state index contributed by atoms with van der Waals surface area (Å²) < 4.78 is 5.39. The third-order valence-corrected chi connectivity index (χ3v) is 2.85. The molecule has 20 heavy (non-hydrogen) atoms. The predicted molar refractivity (Wildman–Crippen MR) is 79.9 cm³/mol. The van der Waals surface area contributed by atoms with E-state index in [1.165, 1.54) is 0 Å².